The number of carbonyl (C=O) groups is 1. The summed E-state index contributed by atoms with van der Waals surface area (Å²) in [4.78, 5) is 13.6. The molecule has 120 valence electrons. The molecule has 1 saturated heterocycles. The molecule has 2 heterocycles. The van der Waals surface area contributed by atoms with Crippen molar-refractivity contribution in [3.8, 4) is 0 Å². The molecule has 6 nitrogen and oxygen atoms in total. The van der Waals surface area contributed by atoms with Gasteiger partial charge in [-0.25, -0.2) is 13.2 Å². The first-order chi connectivity index (χ1) is 10.5. The van der Waals surface area contributed by atoms with Crippen LogP contribution in [0.15, 0.2) is 23.1 Å². The van der Waals surface area contributed by atoms with Crippen LogP contribution >= 0.6 is 0 Å². The molecular weight excluding hydrogens is 304 g/mol. The highest BCUT2D eigenvalue weighted by Crippen LogP contribution is 2.26. The third kappa shape index (κ3) is 2.70. The zero-order chi connectivity index (χ0) is 15.7. The van der Waals surface area contributed by atoms with Crippen molar-refractivity contribution in [1.29, 1.82) is 0 Å². The summed E-state index contributed by atoms with van der Waals surface area (Å²) in [5.41, 5.74) is 1.98. The van der Waals surface area contributed by atoms with Gasteiger partial charge in [-0.15, -0.1) is 0 Å². The molecule has 2 aliphatic rings. The van der Waals surface area contributed by atoms with Crippen molar-refractivity contribution in [2.24, 2.45) is 0 Å². The molecule has 0 aliphatic carbocycles. The summed E-state index contributed by atoms with van der Waals surface area (Å²) in [7, 11) is -2.06. The van der Waals surface area contributed by atoms with Crippen LogP contribution in [0.2, 0.25) is 0 Å². The quantitative estimate of drug-likeness (QED) is 0.829. The number of amides is 1. The maximum atomic E-state index is 12.6. The molecule has 1 aromatic rings. The molecular formula is C15H20N2O4S. The third-order valence-corrected chi connectivity index (χ3v) is 6.22. The predicted molar refractivity (Wildman–Crippen MR) is 81.0 cm³/mol. The molecule has 3 rings (SSSR count). The smallest absolute Gasteiger partial charge is 0.409 e. The molecule has 7 heteroatoms. The van der Waals surface area contributed by atoms with Gasteiger partial charge in [-0.05, 0) is 42.5 Å². The van der Waals surface area contributed by atoms with Crippen molar-refractivity contribution in [2.75, 3.05) is 26.7 Å². The average molecular weight is 324 g/mol. The Morgan fingerprint density at radius 2 is 1.86 bits per heavy atom. The summed E-state index contributed by atoms with van der Waals surface area (Å²) in [6, 6.07) is 5.26. The molecule has 0 radical (unpaired) electrons. The van der Waals surface area contributed by atoms with Gasteiger partial charge >= 0.3 is 6.09 Å². The number of benzene rings is 1. The Hall–Kier alpha value is -1.60. The van der Waals surface area contributed by atoms with Gasteiger partial charge in [0.1, 0.15) is 0 Å². The number of hydrogen-bond acceptors (Lipinski definition) is 4. The van der Waals surface area contributed by atoms with Gasteiger partial charge in [0.2, 0.25) is 10.0 Å². The average Bonchev–Trinajstić information content (AvgIpc) is 3.08. The summed E-state index contributed by atoms with van der Waals surface area (Å²) < 4.78 is 31.5. The van der Waals surface area contributed by atoms with Crippen molar-refractivity contribution in [2.45, 2.75) is 30.7 Å². The van der Waals surface area contributed by atoms with E-state index >= 15 is 0 Å². The van der Waals surface area contributed by atoms with Crippen LogP contribution in [0.3, 0.4) is 0 Å². The van der Waals surface area contributed by atoms with Crippen molar-refractivity contribution in [3.63, 3.8) is 0 Å². The molecule has 0 unspecified atom stereocenters. The Morgan fingerprint density at radius 3 is 2.55 bits per heavy atom. The van der Waals surface area contributed by atoms with Crippen molar-refractivity contribution < 1.29 is 17.9 Å². The SMILES string of the molecule is COC(=O)N1CCc2ccc(S(=O)(=O)N3CCCC3)cc2C1. The Kier molecular flexibility index (Phi) is 4.10. The fourth-order valence-corrected chi connectivity index (χ4v) is 4.62. The van der Waals surface area contributed by atoms with Crippen LogP contribution in [0.1, 0.15) is 24.0 Å². The lowest BCUT2D eigenvalue weighted by molar-refractivity contribution is 0.118. The molecule has 0 spiro atoms. The molecule has 1 aromatic carbocycles. The van der Waals surface area contributed by atoms with E-state index in [1.807, 2.05) is 6.07 Å². The summed E-state index contributed by atoms with van der Waals surface area (Å²) in [6.07, 6.45) is 2.17. The number of sulfonamides is 1. The fourth-order valence-electron chi connectivity index (χ4n) is 3.06. The summed E-state index contributed by atoms with van der Waals surface area (Å²) >= 11 is 0. The Bertz CT molecular complexity index is 681. The van der Waals surface area contributed by atoms with E-state index in [2.05, 4.69) is 0 Å². The van der Waals surface area contributed by atoms with Crippen LogP contribution < -0.4 is 0 Å². The van der Waals surface area contributed by atoms with Gasteiger partial charge in [-0.1, -0.05) is 6.07 Å². The molecule has 0 aromatic heterocycles. The number of rotatable bonds is 2. The minimum atomic E-state index is -3.42. The largest absolute Gasteiger partial charge is 0.453 e. The highest BCUT2D eigenvalue weighted by Gasteiger charge is 2.29. The zero-order valence-corrected chi connectivity index (χ0v) is 13.4. The number of hydrogen-bond donors (Lipinski definition) is 0. The van der Waals surface area contributed by atoms with Gasteiger partial charge < -0.3 is 9.64 Å². The number of ether oxygens (including phenoxy) is 1. The van der Waals surface area contributed by atoms with E-state index < -0.39 is 10.0 Å². The standard InChI is InChI=1S/C15H20N2O4S/c1-21-15(18)16-9-6-12-4-5-14(10-13(12)11-16)22(19,20)17-7-2-3-8-17/h4-5,10H,2-3,6-9,11H2,1H3. The third-order valence-electron chi connectivity index (χ3n) is 4.33. The maximum Gasteiger partial charge on any atom is 0.409 e. The van der Waals surface area contributed by atoms with E-state index in [-0.39, 0.29) is 6.09 Å². The monoisotopic (exact) mass is 324 g/mol. The van der Waals surface area contributed by atoms with Crippen molar-refractivity contribution in [1.82, 2.24) is 9.21 Å². The Morgan fingerprint density at radius 1 is 1.14 bits per heavy atom. The van der Waals surface area contributed by atoms with E-state index in [1.54, 1.807) is 17.0 Å². The lowest BCUT2D eigenvalue weighted by Crippen LogP contribution is -2.36. The zero-order valence-electron chi connectivity index (χ0n) is 12.6. The Labute approximate surface area is 130 Å². The number of fused-ring (bicyclic) bond motifs is 1. The maximum absolute atomic E-state index is 12.6. The molecule has 22 heavy (non-hydrogen) atoms. The van der Waals surface area contributed by atoms with Crippen LogP contribution in [0.5, 0.6) is 0 Å². The van der Waals surface area contributed by atoms with Gasteiger partial charge in [0, 0.05) is 26.2 Å². The van der Waals surface area contributed by atoms with Gasteiger partial charge in [0.25, 0.3) is 0 Å². The Balaban J connectivity index is 1.89. The highest BCUT2D eigenvalue weighted by atomic mass is 32.2. The van der Waals surface area contributed by atoms with Gasteiger partial charge in [0.05, 0.1) is 12.0 Å². The first kappa shape index (κ1) is 15.3. The number of carbonyl (C=O) groups excluding carboxylic acids is 1. The fraction of sp³-hybridized carbons (Fsp3) is 0.533. The number of nitrogens with zero attached hydrogens (tertiary/aromatic N) is 2. The van der Waals surface area contributed by atoms with Gasteiger partial charge in [0.15, 0.2) is 0 Å². The molecule has 0 N–H and O–H groups in total. The summed E-state index contributed by atoms with van der Waals surface area (Å²) in [5.74, 6) is 0. The van der Waals surface area contributed by atoms with Crippen LogP contribution in [-0.4, -0.2) is 50.5 Å². The van der Waals surface area contributed by atoms with E-state index in [4.69, 9.17) is 4.74 Å². The van der Waals surface area contributed by atoms with Crippen molar-refractivity contribution in [3.05, 3.63) is 29.3 Å². The lowest BCUT2D eigenvalue weighted by atomic mass is 10.0. The molecule has 0 atom stereocenters. The molecule has 2 aliphatic heterocycles. The minimum absolute atomic E-state index is 0.319. The van der Waals surface area contributed by atoms with Crippen LogP contribution in [-0.2, 0) is 27.7 Å². The highest BCUT2D eigenvalue weighted by molar-refractivity contribution is 7.89. The molecule has 1 fully saturated rings. The lowest BCUT2D eigenvalue weighted by Gasteiger charge is -2.28. The summed E-state index contributed by atoms with van der Waals surface area (Å²) in [6.45, 7) is 2.17. The second-order valence-corrected chi connectivity index (χ2v) is 7.62. The van der Waals surface area contributed by atoms with Gasteiger partial charge in [-0.3, -0.25) is 0 Å². The predicted octanol–water partition coefficient (Wildman–Crippen LogP) is 1.60. The first-order valence-corrected chi connectivity index (χ1v) is 8.91. The van der Waals surface area contributed by atoms with E-state index in [0.29, 0.717) is 37.5 Å². The van der Waals surface area contributed by atoms with Crippen molar-refractivity contribution >= 4 is 16.1 Å². The van der Waals surface area contributed by atoms with Crippen LogP contribution in [0.25, 0.3) is 0 Å². The molecule has 1 amide bonds. The second-order valence-electron chi connectivity index (χ2n) is 5.68. The second kappa shape index (κ2) is 5.89. The minimum Gasteiger partial charge on any atom is -0.453 e. The van der Waals surface area contributed by atoms with Crippen LogP contribution in [0.4, 0.5) is 4.79 Å². The van der Waals surface area contributed by atoms with E-state index in [9.17, 15) is 13.2 Å². The molecule has 0 bridgehead atoms. The van der Waals surface area contributed by atoms with Crippen LogP contribution in [0, 0.1) is 0 Å². The van der Waals surface area contributed by atoms with E-state index in [1.165, 1.54) is 11.4 Å². The van der Waals surface area contributed by atoms with E-state index in [0.717, 1.165) is 24.0 Å². The first-order valence-electron chi connectivity index (χ1n) is 7.47. The summed E-state index contributed by atoms with van der Waals surface area (Å²) in [5, 5.41) is 0. The normalized spacial score (nSPS) is 19.0. The van der Waals surface area contributed by atoms with Gasteiger partial charge in [-0.2, -0.15) is 4.31 Å². The topological polar surface area (TPSA) is 66.9 Å². The number of methoxy groups -OCH3 is 1. The molecule has 0 saturated carbocycles.